The smallest absolute Gasteiger partial charge is 0.305 e. The number of carboxylic acids is 1. The number of benzene rings is 1. The minimum atomic E-state index is -0.836. The van der Waals surface area contributed by atoms with Gasteiger partial charge in [0.05, 0.1) is 12.0 Å². The van der Waals surface area contributed by atoms with Crippen LogP contribution in [0.25, 0.3) is 0 Å². The maximum atomic E-state index is 11.4. The van der Waals surface area contributed by atoms with Crippen LogP contribution in [0.15, 0.2) is 24.3 Å². The van der Waals surface area contributed by atoms with Crippen molar-refractivity contribution >= 4 is 17.6 Å². The van der Waals surface area contributed by atoms with Crippen molar-refractivity contribution in [3.63, 3.8) is 0 Å². The number of amides is 1. The predicted molar refractivity (Wildman–Crippen MR) is 67.6 cm³/mol. The minimum absolute atomic E-state index is 0.0591. The first kappa shape index (κ1) is 12.4. The fourth-order valence-corrected chi connectivity index (χ4v) is 2.03. The molecule has 1 aliphatic carbocycles. The summed E-state index contributed by atoms with van der Waals surface area (Å²) in [5, 5.41) is 8.77. The lowest BCUT2D eigenvalue weighted by Crippen LogP contribution is -2.30. The highest BCUT2D eigenvalue weighted by Crippen LogP contribution is 2.33. The molecule has 0 aromatic heterocycles. The summed E-state index contributed by atoms with van der Waals surface area (Å²) in [6, 6.07) is 7.42. The summed E-state index contributed by atoms with van der Waals surface area (Å²) >= 11 is 0. The van der Waals surface area contributed by atoms with E-state index in [4.69, 9.17) is 10.8 Å². The van der Waals surface area contributed by atoms with Gasteiger partial charge in [-0.25, -0.2) is 0 Å². The summed E-state index contributed by atoms with van der Waals surface area (Å²) in [6.07, 6.45) is 2.13. The normalized spacial score (nSPS) is 14.2. The van der Waals surface area contributed by atoms with Crippen LogP contribution in [0.4, 0.5) is 5.69 Å². The van der Waals surface area contributed by atoms with Gasteiger partial charge in [0.25, 0.3) is 5.91 Å². The number of carboxylic acid groups (broad SMARTS) is 1. The van der Waals surface area contributed by atoms with Crippen LogP contribution in [0, 0.1) is 0 Å². The van der Waals surface area contributed by atoms with Crippen molar-refractivity contribution in [2.24, 2.45) is 5.73 Å². The molecule has 18 heavy (non-hydrogen) atoms. The first-order chi connectivity index (χ1) is 8.59. The number of hydrogen-bond acceptors (Lipinski definition) is 3. The highest BCUT2D eigenvalue weighted by atomic mass is 16.4. The van der Waals surface area contributed by atoms with E-state index >= 15 is 0 Å². The largest absolute Gasteiger partial charge is 0.481 e. The number of rotatable bonds is 6. The molecule has 2 rings (SSSR count). The molecular weight excluding hydrogens is 232 g/mol. The van der Waals surface area contributed by atoms with Gasteiger partial charge in [-0.15, -0.1) is 0 Å². The quantitative estimate of drug-likeness (QED) is 0.793. The summed E-state index contributed by atoms with van der Waals surface area (Å²) in [4.78, 5) is 24.0. The van der Waals surface area contributed by atoms with Crippen molar-refractivity contribution in [3.05, 3.63) is 29.8 Å². The Balaban J connectivity index is 2.24. The van der Waals surface area contributed by atoms with Crippen molar-refractivity contribution in [2.45, 2.75) is 25.3 Å². The summed E-state index contributed by atoms with van der Waals surface area (Å²) < 4.78 is 0. The van der Waals surface area contributed by atoms with Crippen LogP contribution in [0.2, 0.25) is 0 Å². The van der Waals surface area contributed by atoms with Crippen molar-refractivity contribution in [2.75, 3.05) is 11.4 Å². The molecule has 0 heterocycles. The monoisotopic (exact) mass is 248 g/mol. The number of para-hydroxylation sites is 1. The summed E-state index contributed by atoms with van der Waals surface area (Å²) in [5.41, 5.74) is 6.54. The minimum Gasteiger partial charge on any atom is -0.481 e. The number of nitrogens with zero attached hydrogens (tertiary/aromatic N) is 1. The number of carbonyl (C=O) groups excluding carboxylic acids is 1. The fourth-order valence-electron chi connectivity index (χ4n) is 2.03. The van der Waals surface area contributed by atoms with Gasteiger partial charge in [0.15, 0.2) is 0 Å². The zero-order chi connectivity index (χ0) is 13.1. The third-order valence-electron chi connectivity index (χ3n) is 3.03. The van der Waals surface area contributed by atoms with Gasteiger partial charge in [-0.05, 0) is 25.0 Å². The fraction of sp³-hybridized carbons (Fsp3) is 0.385. The number of primary amides is 1. The van der Waals surface area contributed by atoms with Gasteiger partial charge < -0.3 is 15.7 Å². The molecule has 0 atom stereocenters. The van der Waals surface area contributed by atoms with E-state index in [9.17, 15) is 9.59 Å². The summed E-state index contributed by atoms with van der Waals surface area (Å²) in [5.74, 6) is -1.32. The second-order valence-corrected chi connectivity index (χ2v) is 4.45. The van der Waals surface area contributed by atoms with Gasteiger partial charge in [0.1, 0.15) is 0 Å². The van der Waals surface area contributed by atoms with Crippen LogP contribution in [-0.2, 0) is 4.79 Å². The lowest BCUT2D eigenvalue weighted by molar-refractivity contribution is -0.136. The lowest BCUT2D eigenvalue weighted by Gasteiger charge is -2.25. The van der Waals surface area contributed by atoms with E-state index in [1.54, 1.807) is 12.1 Å². The first-order valence-corrected chi connectivity index (χ1v) is 5.97. The molecule has 0 aliphatic heterocycles. The van der Waals surface area contributed by atoms with Crippen LogP contribution in [0.1, 0.15) is 29.6 Å². The van der Waals surface area contributed by atoms with Crippen LogP contribution in [-0.4, -0.2) is 29.6 Å². The van der Waals surface area contributed by atoms with Crippen molar-refractivity contribution in [1.82, 2.24) is 0 Å². The van der Waals surface area contributed by atoms with Gasteiger partial charge in [-0.1, -0.05) is 12.1 Å². The molecule has 0 radical (unpaired) electrons. The summed E-state index contributed by atoms with van der Waals surface area (Å²) in [6.45, 7) is 0.407. The van der Waals surface area contributed by atoms with E-state index in [0.717, 1.165) is 18.5 Å². The van der Waals surface area contributed by atoms with E-state index < -0.39 is 11.9 Å². The third-order valence-corrected chi connectivity index (χ3v) is 3.03. The molecule has 1 aliphatic rings. The highest BCUT2D eigenvalue weighted by molar-refractivity contribution is 5.98. The van der Waals surface area contributed by atoms with Crippen LogP contribution in [0.5, 0.6) is 0 Å². The molecule has 1 amide bonds. The number of carbonyl (C=O) groups is 2. The average Bonchev–Trinajstić information content (AvgIpc) is 3.14. The zero-order valence-corrected chi connectivity index (χ0v) is 10.0. The Morgan fingerprint density at radius 2 is 2.00 bits per heavy atom. The Morgan fingerprint density at radius 3 is 2.56 bits per heavy atom. The van der Waals surface area contributed by atoms with E-state index in [0.29, 0.717) is 18.2 Å². The van der Waals surface area contributed by atoms with E-state index in [1.165, 1.54) is 0 Å². The molecule has 0 spiro atoms. The highest BCUT2D eigenvalue weighted by Gasteiger charge is 2.31. The number of hydrogen-bond donors (Lipinski definition) is 2. The topological polar surface area (TPSA) is 83.6 Å². The van der Waals surface area contributed by atoms with Gasteiger partial charge in [0.2, 0.25) is 0 Å². The average molecular weight is 248 g/mol. The van der Waals surface area contributed by atoms with Gasteiger partial charge in [-0.3, -0.25) is 9.59 Å². The molecule has 0 saturated heterocycles. The Bertz CT molecular complexity index is 469. The molecule has 96 valence electrons. The molecule has 1 saturated carbocycles. The molecule has 5 nitrogen and oxygen atoms in total. The van der Waals surface area contributed by atoms with E-state index in [-0.39, 0.29) is 6.42 Å². The van der Waals surface area contributed by atoms with Crippen LogP contribution < -0.4 is 10.6 Å². The zero-order valence-electron chi connectivity index (χ0n) is 10.0. The second kappa shape index (κ2) is 5.08. The van der Waals surface area contributed by atoms with Crippen molar-refractivity contribution in [3.8, 4) is 0 Å². The standard InChI is InChI=1S/C13H16N2O3/c14-13(18)10-3-1-2-4-11(10)15(9-5-6-9)8-7-12(16)17/h1-4,9H,5-8H2,(H2,14,18)(H,16,17). The van der Waals surface area contributed by atoms with Gasteiger partial charge in [0, 0.05) is 18.3 Å². The molecule has 1 aromatic rings. The van der Waals surface area contributed by atoms with Gasteiger partial charge in [-0.2, -0.15) is 0 Å². The second-order valence-electron chi connectivity index (χ2n) is 4.45. The maximum Gasteiger partial charge on any atom is 0.305 e. The lowest BCUT2D eigenvalue weighted by atomic mass is 10.1. The first-order valence-electron chi connectivity index (χ1n) is 5.97. The van der Waals surface area contributed by atoms with Crippen LogP contribution >= 0.6 is 0 Å². The van der Waals surface area contributed by atoms with E-state index in [2.05, 4.69) is 0 Å². The Kier molecular flexibility index (Phi) is 3.50. The summed E-state index contributed by atoms with van der Waals surface area (Å²) in [7, 11) is 0. The SMILES string of the molecule is NC(=O)c1ccccc1N(CCC(=O)O)C1CC1. The van der Waals surface area contributed by atoms with Crippen molar-refractivity contribution < 1.29 is 14.7 Å². The molecule has 1 aromatic carbocycles. The number of aliphatic carboxylic acids is 1. The Labute approximate surface area is 105 Å². The number of nitrogens with two attached hydrogens (primary N) is 1. The van der Waals surface area contributed by atoms with Crippen molar-refractivity contribution in [1.29, 1.82) is 0 Å². The molecule has 3 N–H and O–H groups in total. The predicted octanol–water partition coefficient (Wildman–Crippen LogP) is 1.23. The third kappa shape index (κ3) is 2.80. The maximum absolute atomic E-state index is 11.4. The molecule has 0 bridgehead atoms. The Hall–Kier alpha value is -2.04. The molecule has 1 fully saturated rings. The van der Waals surface area contributed by atoms with Gasteiger partial charge >= 0.3 is 5.97 Å². The molecule has 0 unspecified atom stereocenters. The van der Waals surface area contributed by atoms with E-state index in [1.807, 2.05) is 17.0 Å². The Morgan fingerprint density at radius 1 is 1.33 bits per heavy atom. The van der Waals surface area contributed by atoms with Crippen LogP contribution in [0.3, 0.4) is 0 Å². The number of anilines is 1. The molecular formula is C13H16N2O3. The molecule has 5 heteroatoms.